The largest absolute Gasteiger partial charge is 0.348 e. The first kappa shape index (κ1) is 14.6. The molecule has 0 fully saturated rings. The Morgan fingerprint density at radius 3 is 2.22 bits per heavy atom. The number of amides is 1. The molecular weight excluding hydrogens is 238 g/mol. The Hall–Kier alpha value is -1.49. The lowest BCUT2D eigenvalue weighted by molar-refractivity contribution is -0.126. The molecule has 100 valence electrons. The SMILES string of the molecule is CNC(C)(C)C(=O)NC(C)c1c(F)cccc1F. The van der Waals surface area contributed by atoms with Crippen molar-refractivity contribution in [1.82, 2.24) is 10.6 Å². The fourth-order valence-corrected chi connectivity index (χ4v) is 1.49. The Morgan fingerprint density at radius 2 is 1.78 bits per heavy atom. The molecule has 1 amide bonds. The molecular formula is C13H18F2N2O. The summed E-state index contributed by atoms with van der Waals surface area (Å²) in [4.78, 5) is 11.9. The van der Waals surface area contributed by atoms with Crippen molar-refractivity contribution in [2.45, 2.75) is 32.4 Å². The van der Waals surface area contributed by atoms with Crippen molar-refractivity contribution in [1.29, 1.82) is 0 Å². The molecule has 2 N–H and O–H groups in total. The molecule has 3 nitrogen and oxygen atoms in total. The Morgan fingerprint density at radius 1 is 1.28 bits per heavy atom. The standard InChI is InChI=1S/C13H18F2N2O/c1-8(17-12(18)13(2,3)16-4)11-9(14)6-5-7-10(11)15/h5-8,16H,1-4H3,(H,17,18). The zero-order chi connectivity index (χ0) is 13.9. The van der Waals surface area contributed by atoms with E-state index in [1.54, 1.807) is 27.8 Å². The van der Waals surface area contributed by atoms with E-state index in [1.807, 2.05) is 0 Å². The second kappa shape index (κ2) is 5.44. The Balaban J connectivity index is 2.90. The van der Waals surface area contributed by atoms with Crippen LogP contribution in [0.2, 0.25) is 0 Å². The summed E-state index contributed by atoms with van der Waals surface area (Å²) in [5.74, 6) is -1.64. The van der Waals surface area contributed by atoms with Gasteiger partial charge < -0.3 is 10.6 Å². The topological polar surface area (TPSA) is 41.1 Å². The van der Waals surface area contributed by atoms with Gasteiger partial charge in [0.2, 0.25) is 5.91 Å². The number of likely N-dealkylation sites (N-methyl/N-ethyl adjacent to an activating group) is 1. The van der Waals surface area contributed by atoms with E-state index >= 15 is 0 Å². The van der Waals surface area contributed by atoms with Crippen molar-refractivity contribution in [3.05, 3.63) is 35.4 Å². The van der Waals surface area contributed by atoms with Gasteiger partial charge in [-0.05, 0) is 40.0 Å². The third-order valence-electron chi connectivity index (χ3n) is 2.97. The molecule has 0 saturated heterocycles. The number of carbonyl (C=O) groups excluding carboxylic acids is 1. The normalized spacial score (nSPS) is 13.2. The highest BCUT2D eigenvalue weighted by molar-refractivity contribution is 5.85. The summed E-state index contributed by atoms with van der Waals surface area (Å²) in [5.41, 5.74) is -0.923. The Labute approximate surface area is 106 Å². The van der Waals surface area contributed by atoms with Crippen molar-refractivity contribution >= 4 is 5.91 Å². The number of nitrogens with one attached hydrogen (secondary N) is 2. The molecule has 0 radical (unpaired) electrons. The third-order valence-corrected chi connectivity index (χ3v) is 2.97. The second-order valence-corrected chi connectivity index (χ2v) is 4.71. The maximum atomic E-state index is 13.5. The summed E-state index contributed by atoms with van der Waals surface area (Å²) in [5, 5.41) is 5.42. The highest BCUT2D eigenvalue weighted by Gasteiger charge is 2.28. The van der Waals surface area contributed by atoms with Gasteiger partial charge >= 0.3 is 0 Å². The predicted octanol–water partition coefficient (Wildman–Crippen LogP) is 2.14. The Bertz CT molecular complexity index is 426. The van der Waals surface area contributed by atoms with Crippen molar-refractivity contribution < 1.29 is 13.6 Å². The highest BCUT2D eigenvalue weighted by Crippen LogP contribution is 2.20. The van der Waals surface area contributed by atoms with E-state index in [1.165, 1.54) is 18.2 Å². The Kier molecular flexibility index (Phi) is 4.40. The third kappa shape index (κ3) is 3.04. The zero-order valence-corrected chi connectivity index (χ0v) is 11.0. The zero-order valence-electron chi connectivity index (χ0n) is 11.0. The molecule has 1 aromatic carbocycles. The fraction of sp³-hybridized carbons (Fsp3) is 0.462. The lowest BCUT2D eigenvalue weighted by atomic mass is 10.0. The maximum absolute atomic E-state index is 13.5. The van der Waals surface area contributed by atoms with Gasteiger partial charge in [-0.2, -0.15) is 0 Å². The van der Waals surface area contributed by atoms with Crippen LogP contribution in [0.25, 0.3) is 0 Å². The molecule has 1 atom stereocenters. The molecule has 1 rings (SSSR count). The summed E-state index contributed by atoms with van der Waals surface area (Å²) in [6, 6.07) is 2.90. The van der Waals surface area contributed by atoms with Gasteiger partial charge in [0.25, 0.3) is 0 Å². The van der Waals surface area contributed by atoms with E-state index in [0.29, 0.717) is 0 Å². The van der Waals surface area contributed by atoms with Gasteiger partial charge in [0.15, 0.2) is 0 Å². The van der Waals surface area contributed by atoms with Crippen LogP contribution in [0.3, 0.4) is 0 Å². The van der Waals surface area contributed by atoms with Gasteiger partial charge in [-0.3, -0.25) is 4.79 Å². The molecule has 0 aliphatic carbocycles. The van der Waals surface area contributed by atoms with Crippen LogP contribution in [0.5, 0.6) is 0 Å². The van der Waals surface area contributed by atoms with Crippen LogP contribution in [0.4, 0.5) is 8.78 Å². The molecule has 1 aromatic rings. The summed E-state index contributed by atoms with van der Waals surface area (Å²) < 4.78 is 27.0. The first-order valence-corrected chi connectivity index (χ1v) is 5.73. The summed E-state index contributed by atoms with van der Waals surface area (Å²) >= 11 is 0. The molecule has 0 spiro atoms. The van der Waals surface area contributed by atoms with E-state index in [2.05, 4.69) is 10.6 Å². The lowest BCUT2D eigenvalue weighted by Crippen LogP contribution is -2.51. The molecule has 5 heteroatoms. The number of rotatable bonds is 4. The number of hydrogen-bond acceptors (Lipinski definition) is 2. The number of carbonyl (C=O) groups is 1. The summed E-state index contributed by atoms with van der Waals surface area (Å²) in [7, 11) is 1.65. The first-order chi connectivity index (χ1) is 8.29. The molecule has 18 heavy (non-hydrogen) atoms. The van der Waals surface area contributed by atoms with E-state index in [-0.39, 0.29) is 11.5 Å². The second-order valence-electron chi connectivity index (χ2n) is 4.71. The minimum absolute atomic E-state index is 0.127. The number of benzene rings is 1. The van der Waals surface area contributed by atoms with Gasteiger partial charge in [0, 0.05) is 5.56 Å². The molecule has 0 saturated carbocycles. The minimum atomic E-state index is -0.796. The van der Waals surface area contributed by atoms with Gasteiger partial charge in [0.1, 0.15) is 11.6 Å². The van der Waals surface area contributed by atoms with E-state index in [0.717, 1.165) is 0 Å². The van der Waals surface area contributed by atoms with Crippen LogP contribution in [0.1, 0.15) is 32.4 Å². The van der Waals surface area contributed by atoms with Gasteiger partial charge in [-0.15, -0.1) is 0 Å². The molecule has 0 aromatic heterocycles. The molecule has 0 aliphatic rings. The lowest BCUT2D eigenvalue weighted by Gasteiger charge is -2.25. The number of halogens is 2. The molecule has 0 aliphatic heterocycles. The summed E-state index contributed by atoms with van der Waals surface area (Å²) in [6.45, 7) is 4.92. The van der Waals surface area contributed by atoms with E-state index in [4.69, 9.17) is 0 Å². The highest BCUT2D eigenvalue weighted by atomic mass is 19.1. The van der Waals surface area contributed by atoms with E-state index in [9.17, 15) is 13.6 Å². The van der Waals surface area contributed by atoms with Crippen molar-refractivity contribution in [3.8, 4) is 0 Å². The van der Waals surface area contributed by atoms with Crippen molar-refractivity contribution in [2.24, 2.45) is 0 Å². The molecule has 0 bridgehead atoms. The van der Waals surface area contributed by atoms with Crippen LogP contribution in [-0.4, -0.2) is 18.5 Å². The number of hydrogen-bond donors (Lipinski definition) is 2. The van der Waals surface area contributed by atoms with Gasteiger partial charge in [0.05, 0.1) is 11.6 Å². The van der Waals surface area contributed by atoms with Crippen LogP contribution in [0.15, 0.2) is 18.2 Å². The fourth-order valence-electron chi connectivity index (χ4n) is 1.49. The maximum Gasteiger partial charge on any atom is 0.240 e. The van der Waals surface area contributed by atoms with Crippen LogP contribution in [-0.2, 0) is 4.79 Å². The van der Waals surface area contributed by atoms with Crippen LogP contribution >= 0.6 is 0 Å². The molecule has 0 heterocycles. The van der Waals surface area contributed by atoms with E-state index < -0.39 is 23.2 Å². The first-order valence-electron chi connectivity index (χ1n) is 5.73. The smallest absolute Gasteiger partial charge is 0.240 e. The van der Waals surface area contributed by atoms with Crippen molar-refractivity contribution in [2.75, 3.05) is 7.05 Å². The van der Waals surface area contributed by atoms with Crippen LogP contribution in [0, 0.1) is 11.6 Å². The monoisotopic (exact) mass is 256 g/mol. The van der Waals surface area contributed by atoms with Gasteiger partial charge in [-0.1, -0.05) is 6.07 Å². The van der Waals surface area contributed by atoms with Crippen molar-refractivity contribution in [3.63, 3.8) is 0 Å². The average molecular weight is 256 g/mol. The quantitative estimate of drug-likeness (QED) is 0.866. The minimum Gasteiger partial charge on any atom is -0.348 e. The van der Waals surface area contributed by atoms with Gasteiger partial charge in [-0.25, -0.2) is 8.78 Å². The summed E-state index contributed by atoms with van der Waals surface area (Å²) in [6.07, 6.45) is 0. The van der Waals surface area contributed by atoms with Crippen LogP contribution < -0.4 is 10.6 Å². The molecule has 1 unspecified atom stereocenters. The average Bonchev–Trinajstić information content (AvgIpc) is 2.28. The predicted molar refractivity (Wildman–Crippen MR) is 66.1 cm³/mol.